The molecule has 5 nitrogen and oxygen atoms in total. The van der Waals surface area contributed by atoms with Crippen molar-refractivity contribution in [3.63, 3.8) is 0 Å². The Kier molecular flexibility index (Phi) is 7.87. The van der Waals surface area contributed by atoms with Crippen LogP contribution in [0.2, 0.25) is 0 Å². The summed E-state index contributed by atoms with van der Waals surface area (Å²) in [5.41, 5.74) is 7.68. The average molecular weight is 281 g/mol. The van der Waals surface area contributed by atoms with Gasteiger partial charge in [-0.3, -0.25) is 4.79 Å². The molecule has 1 unspecified atom stereocenters. The van der Waals surface area contributed by atoms with Gasteiger partial charge in [-0.05, 0) is 36.8 Å². The number of carboxylic acid groups (broad SMARTS) is 1. The summed E-state index contributed by atoms with van der Waals surface area (Å²) >= 11 is 0. The predicted octanol–water partition coefficient (Wildman–Crippen LogP) is 1.32. The van der Waals surface area contributed by atoms with Crippen molar-refractivity contribution in [3.8, 4) is 0 Å². The fourth-order valence-electron chi connectivity index (χ4n) is 1.96. The number of aliphatic hydroxyl groups excluding tert-OH is 1. The molecule has 1 aromatic carbocycles. The van der Waals surface area contributed by atoms with Gasteiger partial charge in [0, 0.05) is 6.61 Å². The van der Waals surface area contributed by atoms with Gasteiger partial charge >= 0.3 is 5.97 Å². The Hall–Kier alpha value is -1.43. The van der Waals surface area contributed by atoms with E-state index in [4.69, 9.17) is 20.7 Å². The van der Waals surface area contributed by atoms with Crippen LogP contribution < -0.4 is 5.73 Å². The second kappa shape index (κ2) is 9.47. The van der Waals surface area contributed by atoms with E-state index in [1.165, 1.54) is 5.56 Å². The minimum atomic E-state index is -0.973. The number of unbranched alkanes of at least 4 members (excludes halogenated alkanes) is 2. The summed E-state index contributed by atoms with van der Waals surface area (Å²) in [6.07, 6.45) is 4.43. The zero-order valence-corrected chi connectivity index (χ0v) is 11.6. The lowest BCUT2D eigenvalue weighted by Crippen LogP contribution is -2.32. The van der Waals surface area contributed by atoms with Crippen LogP contribution >= 0.6 is 0 Å². The molecule has 1 aromatic rings. The Labute approximate surface area is 119 Å². The second-order valence-corrected chi connectivity index (χ2v) is 4.81. The Morgan fingerprint density at radius 2 is 1.80 bits per heavy atom. The van der Waals surface area contributed by atoms with E-state index < -0.39 is 12.0 Å². The van der Waals surface area contributed by atoms with Crippen LogP contribution in [0.1, 0.15) is 30.4 Å². The van der Waals surface area contributed by atoms with Gasteiger partial charge in [-0.1, -0.05) is 30.7 Å². The number of rotatable bonds is 10. The van der Waals surface area contributed by atoms with Crippen LogP contribution in [0.15, 0.2) is 24.3 Å². The molecule has 0 saturated carbocycles. The van der Waals surface area contributed by atoms with Gasteiger partial charge in [-0.2, -0.15) is 0 Å². The van der Waals surface area contributed by atoms with E-state index in [0.717, 1.165) is 31.2 Å². The summed E-state index contributed by atoms with van der Waals surface area (Å²) < 4.78 is 4.85. The number of nitrogens with two attached hydrogens (primary N) is 1. The summed E-state index contributed by atoms with van der Waals surface area (Å²) in [4.78, 5) is 10.7. The number of hydrogen-bond acceptors (Lipinski definition) is 4. The number of carbonyl (C=O) groups is 1. The number of aliphatic carboxylic acids is 1. The zero-order chi connectivity index (χ0) is 14.8. The number of aliphatic hydroxyl groups is 1. The smallest absolute Gasteiger partial charge is 0.320 e. The minimum Gasteiger partial charge on any atom is -0.480 e. The molecule has 0 aromatic heterocycles. The number of aryl methyl sites for hydroxylation is 1. The van der Waals surface area contributed by atoms with E-state index in [1.54, 1.807) is 0 Å². The number of ether oxygens (including phenoxy) is 1. The van der Waals surface area contributed by atoms with E-state index >= 15 is 0 Å². The zero-order valence-electron chi connectivity index (χ0n) is 11.6. The third-order valence-electron chi connectivity index (χ3n) is 3.14. The molecule has 112 valence electrons. The first kappa shape index (κ1) is 16.6. The van der Waals surface area contributed by atoms with Crippen molar-refractivity contribution in [2.75, 3.05) is 13.4 Å². The Bertz CT molecular complexity index is 391. The molecule has 0 fully saturated rings. The van der Waals surface area contributed by atoms with Crippen LogP contribution in [0, 0.1) is 0 Å². The number of benzene rings is 1. The highest BCUT2D eigenvalue weighted by molar-refractivity contribution is 5.73. The predicted molar refractivity (Wildman–Crippen MR) is 76.4 cm³/mol. The lowest BCUT2D eigenvalue weighted by molar-refractivity contribution is -0.138. The molecule has 0 spiro atoms. The average Bonchev–Trinajstić information content (AvgIpc) is 2.44. The maximum absolute atomic E-state index is 10.7. The fourth-order valence-corrected chi connectivity index (χ4v) is 1.96. The van der Waals surface area contributed by atoms with Crippen LogP contribution in [0.4, 0.5) is 0 Å². The molecule has 0 saturated heterocycles. The topological polar surface area (TPSA) is 92.8 Å². The molecular formula is C15H23NO4. The van der Waals surface area contributed by atoms with Crippen LogP contribution in [-0.4, -0.2) is 35.6 Å². The Balaban J connectivity index is 2.26. The largest absolute Gasteiger partial charge is 0.480 e. The molecule has 1 rings (SSSR count). The summed E-state index contributed by atoms with van der Waals surface area (Å²) in [5.74, 6) is -0.973. The van der Waals surface area contributed by atoms with E-state index in [1.807, 2.05) is 24.3 Å². The fraction of sp³-hybridized carbons (Fsp3) is 0.533. The molecule has 0 heterocycles. The molecule has 0 aliphatic rings. The molecule has 1 atom stereocenters. The van der Waals surface area contributed by atoms with Gasteiger partial charge in [0.05, 0.1) is 0 Å². The van der Waals surface area contributed by atoms with E-state index in [2.05, 4.69) is 0 Å². The van der Waals surface area contributed by atoms with Crippen molar-refractivity contribution in [1.82, 2.24) is 0 Å². The molecule has 5 heteroatoms. The van der Waals surface area contributed by atoms with Crippen molar-refractivity contribution in [2.45, 2.75) is 38.1 Å². The summed E-state index contributed by atoms with van der Waals surface area (Å²) in [5, 5.41) is 17.2. The molecular weight excluding hydrogens is 258 g/mol. The molecule has 0 amide bonds. The highest BCUT2D eigenvalue weighted by Gasteiger charge is 2.11. The van der Waals surface area contributed by atoms with Crippen molar-refractivity contribution < 1.29 is 19.7 Å². The lowest BCUT2D eigenvalue weighted by atomic mass is 10.0. The maximum Gasteiger partial charge on any atom is 0.320 e. The van der Waals surface area contributed by atoms with Crippen molar-refractivity contribution in [1.29, 1.82) is 0 Å². The maximum atomic E-state index is 10.7. The van der Waals surface area contributed by atoms with Crippen molar-refractivity contribution in [3.05, 3.63) is 35.4 Å². The minimum absolute atomic E-state index is 0.208. The van der Waals surface area contributed by atoms with Crippen molar-refractivity contribution in [2.24, 2.45) is 5.73 Å². The van der Waals surface area contributed by atoms with E-state index in [0.29, 0.717) is 13.0 Å². The quantitative estimate of drug-likeness (QED) is 0.444. The van der Waals surface area contributed by atoms with Crippen LogP contribution in [-0.2, 0) is 22.4 Å². The highest BCUT2D eigenvalue weighted by atomic mass is 16.6. The highest BCUT2D eigenvalue weighted by Crippen LogP contribution is 2.10. The van der Waals surface area contributed by atoms with E-state index in [9.17, 15) is 4.79 Å². The first-order chi connectivity index (χ1) is 9.63. The van der Waals surface area contributed by atoms with Gasteiger partial charge in [0.25, 0.3) is 0 Å². The third-order valence-corrected chi connectivity index (χ3v) is 3.14. The van der Waals surface area contributed by atoms with Gasteiger partial charge in [0.1, 0.15) is 12.8 Å². The van der Waals surface area contributed by atoms with E-state index in [-0.39, 0.29) is 6.79 Å². The van der Waals surface area contributed by atoms with Crippen LogP contribution in [0.25, 0.3) is 0 Å². The van der Waals surface area contributed by atoms with Crippen LogP contribution in [0.3, 0.4) is 0 Å². The Morgan fingerprint density at radius 3 is 2.40 bits per heavy atom. The lowest BCUT2D eigenvalue weighted by Gasteiger charge is -2.07. The number of hydrogen-bond donors (Lipinski definition) is 3. The summed E-state index contributed by atoms with van der Waals surface area (Å²) in [7, 11) is 0. The van der Waals surface area contributed by atoms with Gasteiger partial charge in [0.2, 0.25) is 0 Å². The monoisotopic (exact) mass is 281 g/mol. The standard InChI is InChI=1S/C15H23NO4/c16-14(15(18)19)10-13-7-5-12(6-8-13)4-2-1-3-9-20-11-17/h5-8,14,17H,1-4,9-11,16H2,(H,18,19). The SMILES string of the molecule is NC(Cc1ccc(CCCCCOCO)cc1)C(=O)O. The van der Waals surface area contributed by atoms with Crippen LogP contribution in [0.5, 0.6) is 0 Å². The normalized spacial score (nSPS) is 12.3. The first-order valence-corrected chi connectivity index (χ1v) is 6.88. The molecule has 4 N–H and O–H groups in total. The summed E-state index contributed by atoms with van der Waals surface area (Å²) in [6, 6.07) is 7.08. The van der Waals surface area contributed by atoms with Gasteiger partial charge < -0.3 is 20.7 Å². The van der Waals surface area contributed by atoms with Gasteiger partial charge in [0.15, 0.2) is 0 Å². The molecule has 0 bridgehead atoms. The second-order valence-electron chi connectivity index (χ2n) is 4.81. The molecule has 0 radical (unpaired) electrons. The van der Waals surface area contributed by atoms with Crippen molar-refractivity contribution >= 4 is 5.97 Å². The summed E-state index contributed by atoms with van der Waals surface area (Å²) in [6.45, 7) is 0.391. The van der Waals surface area contributed by atoms with Gasteiger partial charge in [-0.15, -0.1) is 0 Å². The molecule has 0 aliphatic heterocycles. The third kappa shape index (κ3) is 6.65. The first-order valence-electron chi connectivity index (χ1n) is 6.88. The number of carboxylic acids is 1. The Morgan fingerprint density at radius 1 is 1.15 bits per heavy atom. The molecule has 20 heavy (non-hydrogen) atoms. The van der Waals surface area contributed by atoms with Gasteiger partial charge in [-0.25, -0.2) is 0 Å². The molecule has 0 aliphatic carbocycles.